The molecule has 2 aromatic rings. The van der Waals surface area contributed by atoms with E-state index in [1.54, 1.807) is 13.0 Å². The Labute approximate surface area is 182 Å². The molecule has 31 heavy (non-hydrogen) atoms. The van der Waals surface area contributed by atoms with Crippen LogP contribution in [0.3, 0.4) is 0 Å². The summed E-state index contributed by atoms with van der Waals surface area (Å²) in [5, 5.41) is 4.15. The molecule has 0 unspecified atom stereocenters. The number of aryl methyl sites for hydroxylation is 2. The van der Waals surface area contributed by atoms with Crippen LogP contribution in [-0.4, -0.2) is 59.8 Å². The van der Waals surface area contributed by atoms with Crippen molar-refractivity contribution in [3.05, 3.63) is 41.0 Å². The van der Waals surface area contributed by atoms with Gasteiger partial charge in [-0.05, 0) is 61.8 Å². The highest BCUT2D eigenvalue weighted by molar-refractivity contribution is 7.89. The van der Waals surface area contributed by atoms with Crippen molar-refractivity contribution >= 4 is 15.9 Å². The van der Waals surface area contributed by atoms with Gasteiger partial charge in [0.2, 0.25) is 21.8 Å². The first-order valence-electron chi connectivity index (χ1n) is 11.1. The quantitative estimate of drug-likeness (QED) is 0.719. The van der Waals surface area contributed by atoms with E-state index in [2.05, 4.69) is 10.1 Å². The molecule has 0 atom stereocenters. The van der Waals surface area contributed by atoms with E-state index in [9.17, 15) is 13.2 Å². The molecule has 0 bridgehead atoms. The summed E-state index contributed by atoms with van der Waals surface area (Å²) in [4.78, 5) is 18.3. The van der Waals surface area contributed by atoms with Crippen LogP contribution in [0.4, 0.5) is 0 Å². The number of carbonyl (C=O) groups is 1. The largest absolute Gasteiger partial charge is 0.343 e. The van der Waals surface area contributed by atoms with E-state index in [1.165, 1.54) is 21.9 Å². The van der Waals surface area contributed by atoms with Crippen LogP contribution in [-0.2, 0) is 27.7 Å². The van der Waals surface area contributed by atoms with Gasteiger partial charge in [-0.3, -0.25) is 4.79 Å². The molecule has 166 valence electrons. The summed E-state index contributed by atoms with van der Waals surface area (Å²) in [7, 11) is -3.50. The van der Waals surface area contributed by atoms with Crippen molar-refractivity contribution in [2.45, 2.75) is 62.2 Å². The zero-order valence-electron chi connectivity index (χ0n) is 17.8. The van der Waals surface area contributed by atoms with Crippen molar-refractivity contribution in [2.24, 2.45) is 0 Å². The molecular formula is C22H28N4O4S. The van der Waals surface area contributed by atoms with Crippen molar-refractivity contribution < 1.29 is 17.7 Å². The summed E-state index contributed by atoms with van der Waals surface area (Å²) in [5.74, 6) is 1.41. The topological polar surface area (TPSA) is 96.6 Å². The lowest BCUT2D eigenvalue weighted by Gasteiger charge is -2.36. The molecule has 0 saturated carbocycles. The standard InChI is InChI=1S/C22H28N4O4S/c1-15(27)25-10-8-17(9-11-25)21-23-22(30-24-21)19-13-26(14-19)31(28,29)20-7-6-16-4-2-3-5-18(16)12-20/h6-7,12,17,19H,2-5,8-11,13-14H2,1H3. The Morgan fingerprint density at radius 1 is 1.06 bits per heavy atom. The highest BCUT2D eigenvalue weighted by atomic mass is 32.2. The summed E-state index contributed by atoms with van der Waals surface area (Å²) < 4.78 is 33.1. The Morgan fingerprint density at radius 2 is 1.77 bits per heavy atom. The average molecular weight is 445 g/mol. The van der Waals surface area contributed by atoms with Crippen molar-refractivity contribution in [3.63, 3.8) is 0 Å². The van der Waals surface area contributed by atoms with E-state index in [4.69, 9.17) is 4.52 Å². The van der Waals surface area contributed by atoms with Gasteiger partial charge in [-0.2, -0.15) is 9.29 Å². The van der Waals surface area contributed by atoms with Gasteiger partial charge in [-0.1, -0.05) is 11.2 Å². The second kappa shape index (κ2) is 8.02. The molecule has 1 aromatic heterocycles. The van der Waals surface area contributed by atoms with Crippen LogP contribution in [0.5, 0.6) is 0 Å². The molecule has 8 nitrogen and oxygen atoms in total. The molecule has 0 spiro atoms. The monoisotopic (exact) mass is 444 g/mol. The third-order valence-electron chi connectivity index (χ3n) is 6.92. The molecular weight excluding hydrogens is 416 g/mol. The van der Waals surface area contributed by atoms with Crippen LogP contribution in [0.15, 0.2) is 27.6 Å². The Hall–Kier alpha value is -2.26. The maximum absolute atomic E-state index is 13.0. The van der Waals surface area contributed by atoms with Crippen LogP contribution in [0, 0.1) is 0 Å². The van der Waals surface area contributed by atoms with E-state index in [0.717, 1.165) is 32.1 Å². The molecule has 3 aliphatic rings. The van der Waals surface area contributed by atoms with Gasteiger partial charge in [-0.15, -0.1) is 0 Å². The Kier molecular flexibility index (Phi) is 5.34. The molecule has 2 saturated heterocycles. The van der Waals surface area contributed by atoms with E-state index < -0.39 is 10.0 Å². The predicted molar refractivity (Wildman–Crippen MR) is 113 cm³/mol. The fourth-order valence-corrected chi connectivity index (χ4v) is 6.42. The normalized spacial score (nSPS) is 21.0. The molecule has 1 aromatic carbocycles. The Morgan fingerprint density at radius 3 is 2.48 bits per heavy atom. The Balaban J connectivity index is 1.22. The van der Waals surface area contributed by atoms with E-state index in [0.29, 0.717) is 42.8 Å². The van der Waals surface area contributed by atoms with Crippen LogP contribution < -0.4 is 0 Å². The Bertz CT molecular complexity index is 1080. The third-order valence-corrected chi connectivity index (χ3v) is 8.75. The molecule has 3 heterocycles. The minimum Gasteiger partial charge on any atom is -0.343 e. The lowest BCUT2D eigenvalue weighted by molar-refractivity contribution is -0.129. The number of rotatable bonds is 4. The minimum atomic E-state index is -3.50. The van der Waals surface area contributed by atoms with Crippen molar-refractivity contribution in [1.29, 1.82) is 0 Å². The molecule has 2 aliphatic heterocycles. The number of nitrogens with zero attached hydrogens (tertiary/aromatic N) is 4. The SMILES string of the molecule is CC(=O)N1CCC(c2noc(C3CN(S(=O)(=O)c4ccc5c(c4)CCCC5)C3)n2)CC1. The highest BCUT2D eigenvalue weighted by Gasteiger charge is 2.41. The molecule has 9 heteroatoms. The maximum atomic E-state index is 13.0. The van der Waals surface area contributed by atoms with Crippen LogP contribution in [0.1, 0.15) is 67.3 Å². The van der Waals surface area contributed by atoms with Gasteiger partial charge in [0, 0.05) is 39.0 Å². The predicted octanol–water partition coefficient (Wildman–Crippen LogP) is 2.46. The number of benzene rings is 1. The van der Waals surface area contributed by atoms with E-state index in [1.807, 2.05) is 17.0 Å². The number of hydrogen-bond donors (Lipinski definition) is 0. The maximum Gasteiger partial charge on any atom is 0.243 e. The number of carbonyl (C=O) groups excluding carboxylic acids is 1. The summed E-state index contributed by atoms with van der Waals surface area (Å²) in [5.41, 5.74) is 2.45. The second-order valence-corrected chi connectivity index (χ2v) is 10.9. The minimum absolute atomic E-state index is 0.0639. The molecule has 0 N–H and O–H groups in total. The molecule has 1 amide bonds. The zero-order valence-corrected chi connectivity index (χ0v) is 18.6. The smallest absolute Gasteiger partial charge is 0.243 e. The van der Waals surface area contributed by atoms with Crippen molar-refractivity contribution in [2.75, 3.05) is 26.2 Å². The van der Waals surface area contributed by atoms with E-state index in [-0.39, 0.29) is 17.7 Å². The number of amides is 1. The van der Waals surface area contributed by atoms with Crippen molar-refractivity contribution in [3.8, 4) is 0 Å². The van der Waals surface area contributed by atoms with Gasteiger partial charge in [-0.25, -0.2) is 8.42 Å². The first kappa shape index (κ1) is 20.6. The lowest BCUT2D eigenvalue weighted by Crippen LogP contribution is -2.48. The summed E-state index contributed by atoms with van der Waals surface area (Å²) >= 11 is 0. The number of sulfonamides is 1. The lowest BCUT2D eigenvalue weighted by atomic mass is 9.92. The summed E-state index contributed by atoms with van der Waals surface area (Å²) in [6.07, 6.45) is 5.93. The fraction of sp³-hybridized carbons (Fsp3) is 0.591. The van der Waals surface area contributed by atoms with Gasteiger partial charge in [0.25, 0.3) is 0 Å². The number of aromatic nitrogens is 2. The van der Waals surface area contributed by atoms with Gasteiger partial charge >= 0.3 is 0 Å². The summed E-state index contributed by atoms with van der Waals surface area (Å²) in [6.45, 7) is 3.74. The zero-order chi connectivity index (χ0) is 21.6. The average Bonchev–Trinajstić information content (AvgIpc) is 3.22. The second-order valence-electron chi connectivity index (χ2n) is 8.93. The van der Waals surface area contributed by atoms with Crippen LogP contribution in [0.25, 0.3) is 0 Å². The first-order chi connectivity index (χ1) is 14.9. The number of hydrogen-bond acceptors (Lipinski definition) is 6. The third kappa shape index (κ3) is 3.89. The number of fused-ring (bicyclic) bond motifs is 1. The molecule has 1 aliphatic carbocycles. The highest BCUT2D eigenvalue weighted by Crippen LogP contribution is 2.34. The number of piperidine rings is 1. The summed E-state index contributed by atoms with van der Waals surface area (Å²) in [6, 6.07) is 5.57. The molecule has 5 rings (SSSR count). The van der Waals surface area contributed by atoms with E-state index >= 15 is 0 Å². The molecule has 2 fully saturated rings. The molecule has 0 radical (unpaired) electrons. The van der Waals surface area contributed by atoms with Gasteiger partial charge in [0.1, 0.15) is 0 Å². The number of likely N-dealkylation sites (tertiary alicyclic amines) is 1. The van der Waals surface area contributed by atoms with Crippen molar-refractivity contribution in [1.82, 2.24) is 19.3 Å². The van der Waals surface area contributed by atoms with Gasteiger partial charge < -0.3 is 9.42 Å². The fourth-order valence-electron chi connectivity index (χ4n) is 4.84. The first-order valence-corrected chi connectivity index (χ1v) is 12.6. The van der Waals surface area contributed by atoms with Gasteiger partial charge in [0.15, 0.2) is 5.82 Å². The van der Waals surface area contributed by atoms with Crippen LogP contribution in [0.2, 0.25) is 0 Å². The van der Waals surface area contributed by atoms with Crippen LogP contribution >= 0.6 is 0 Å². The van der Waals surface area contributed by atoms with Gasteiger partial charge in [0.05, 0.1) is 10.8 Å².